The molecule has 22 heavy (non-hydrogen) atoms. The van der Waals surface area contributed by atoms with Gasteiger partial charge >= 0.3 is 0 Å². The summed E-state index contributed by atoms with van der Waals surface area (Å²) in [4.78, 5) is 16.3. The van der Waals surface area contributed by atoms with Crippen molar-refractivity contribution in [3.05, 3.63) is 45.6 Å². The van der Waals surface area contributed by atoms with E-state index in [1.807, 2.05) is 36.9 Å². The Bertz CT molecular complexity index is 677. The highest BCUT2D eigenvalue weighted by atomic mass is 32.1. The number of anilines is 1. The highest BCUT2D eigenvalue weighted by molar-refractivity contribution is 7.10. The number of fused-ring (bicyclic) bond motifs is 1. The van der Waals surface area contributed by atoms with Crippen molar-refractivity contribution >= 4 is 22.9 Å². The van der Waals surface area contributed by atoms with Gasteiger partial charge in [-0.2, -0.15) is 0 Å². The lowest BCUT2D eigenvalue weighted by molar-refractivity contribution is 0.0983. The van der Waals surface area contributed by atoms with Gasteiger partial charge < -0.3 is 9.64 Å². The number of hydrogen-bond acceptors (Lipinski definition) is 3. The smallest absolute Gasteiger partial charge is 0.262 e. The van der Waals surface area contributed by atoms with Gasteiger partial charge in [0, 0.05) is 11.4 Å². The molecule has 0 saturated heterocycles. The molecule has 1 aromatic carbocycles. The zero-order valence-corrected chi connectivity index (χ0v) is 13.9. The van der Waals surface area contributed by atoms with Crippen LogP contribution in [0.5, 0.6) is 5.75 Å². The Hall–Kier alpha value is -1.81. The number of amides is 1. The van der Waals surface area contributed by atoms with Gasteiger partial charge in [-0.3, -0.25) is 4.79 Å². The first-order chi connectivity index (χ1) is 10.7. The Balaban J connectivity index is 1.98. The van der Waals surface area contributed by atoms with E-state index in [1.54, 1.807) is 11.3 Å². The summed E-state index contributed by atoms with van der Waals surface area (Å²) < 4.78 is 5.69. The molecule has 0 aliphatic carbocycles. The molecule has 2 heterocycles. The number of thiophene rings is 1. The molecule has 0 bridgehead atoms. The van der Waals surface area contributed by atoms with E-state index in [0.717, 1.165) is 37.1 Å². The minimum absolute atomic E-state index is 0.0463. The van der Waals surface area contributed by atoms with Crippen LogP contribution in [0.25, 0.3) is 0 Å². The van der Waals surface area contributed by atoms with Crippen molar-refractivity contribution in [1.82, 2.24) is 0 Å². The molecule has 2 aromatic rings. The van der Waals surface area contributed by atoms with E-state index < -0.39 is 0 Å². The van der Waals surface area contributed by atoms with Crippen LogP contribution in [-0.2, 0) is 6.42 Å². The van der Waals surface area contributed by atoms with Gasteiger partial charge in [0.05, 0.1) is 17.9 Å². The Morgan fingerprint density at radius 3 is 3.00 bits per heavy atom. The van der Waals surface area contributed by atoms with E-state index in [2.05, 4.69) is 11.4 Å². The summed E-state index contributed by atoms with van der Waals surface area (Å²) >= 11 is 1.75. The third-order valence-corrected chi connectivity index (χ3v) is 4.93. The van der Waals surface area contributed by atoms with E-state index >= 15 is 0 Å². The number of ether oxygens (including phenoxy) is 1. The molecule has 3 nitrogen and oxygen atoms in total. The first-order valence-corrected chi connectivity index (χ1v) is 8.70. The fourth-order valence-electron chi connectivity index (χ4n) is 2.87. The zero-order chi connectivity index (χ0) is 15.5. The van der Waals surface area contributed by atoms with E-state index in [1.165, 1.54) is 4.88 Å². The average molecular weight is 315 g/mol. The molecular weight excluding hydrogens is 294 g/mol. The third-order valence-electron chi connectivity index (χ3n) is 3.96. The molecule has 0 atom stereocenters. The molecule has 0 unspecified atom stereocenters. The summed E-state index contributed by atoms with van der Waals surface area (Å²) in [5, 5.41) is 2.08. The predicted octanol–water partition coefficient (Wildman–Crippen LogP) is 4.44. The topological polar surface area (TPSA) is 29.5 Å². The summed E-state index contributed by atoms with van der Waals surface area (Å²) in [5.41, 5.74) is 2.84. The fraction of sp³-hybridized carbons (Fsp3) is 0.389. The lowest BCUT2D eigenvalue weighted by Gasteiger charge is -2.22. The van der Waals surface area contributed by atoms with Crippen LogP contribution in [0.1, 0.15) is 40.6 Å². The Labute approximate surface area is 135 Å². The minimum Gasteiger partial charge on any atom is -0.493 e. The first-order valence-electron chi connectivity index (χ1n) is 7.82. The number of rotatable bonds is 3. The molecule has 116 valence electrons. The van der Waals surface area contributed by atoms with Gasteiger partial charge in [0.1, 0.15) is 5.75 Å². The third kappa shape index (κ3) is 2.88. The van der Waals surface area contributed by atoms with Crippen molar-refractivity contribution < 1.29 is 9.53 Å². The predicted molar refractivity (Wildman–Crippen MR) is 91.3 cm³/mol. The van der Waals surface area contributed by atoms with Crippen molar-refractivity contribution in [2.45, 2.75) is 33.1 Å². The standard InChI is InChI=1S/C18H21NO2S/c1-3-21-16-12-13(2)7-8-14(16)18(20)19-10-5-4-6-17-15(19)9-11-22-17/h7-9,11-12H,3-6,10H2,1-2H3. The van der Waals surface area contributed by atoms with Crippen LogP contribution in [0.2, 0.25) is 0 Å². The maximum atomic E-state index is 13.1. The molecule has 3 rings (SSSR count). The lowest BCUT2D eigenvalue weighted by Crippen LogP contribution is -2.31. The monoisotopic (exact) mass is 315 g/mol. The number of nitrogens with zero attached hydrogens (tertiary/aromatic N) is 1. The highest BCUT2D eigenvalue weighted by Gasteiger charge is 2.25. The van der Waals surface area contributed by atoms with Crippen LogP contribution in [0, 0.1) is 6.92 Å². The molecule has 0 spiro atoms. The van der Waals surface area contributed by atoms with E-state index in [9.17, 15) is 4.79 Å². The fourth-order valence-corrected chi connectivity index (χ4v) is 3.80. The highest BCUT2D eigenvalue weighted by Crippen LogP contribution is 2.33. The Morgan fingerprint density at radius 2 is 2.18 bits per heavy atom. The number of hydrogen-bond donors (Lipinski definition) is 0. The molecular formula is C18H21NO2S. The van der Waals surface area contributed by atoms with Gasteiger partial charge in [0.15, 0.2) is 0 Å². The average Bonchev–Trinajstić information content (AvgIpc) is 2.87. The molecule has 1 aliphatic rings. The van der Waals surface area contributed by atoms with Crippen molar-refractivity contribution in [3.63, 3.8) is 0 Å². The van der Waals surface area contributed by atoms with Crippen LogP contribution >= 0.6 is 11.3 Å². The Morgan fingerprint density at radius 1 is 1.32 bits per heavy atom. The number of aryl methyl sites for hydroxylation is 2. The van der Waals surface area contributed by atoms with Gasteiger partial charge in [-0.1, -0.05) is 6.07 Å². The lowest BCUT2D eigenvalue weighted by atomic mass is 10.1. The number of benzene rings is 1. The summed E-state index contributed by atoms with van der Waals surface area (Å²) in [7, 11) is 0. The molecule has 1 aromatic heterocycles. The maximum absolute atomic E-state index is 13.1. The molecule has 0 saturated carbocycles. The quantitative estimate of drug-likeness (QED) is 0.838. The molecule has 0 radical (unpaired) electrons. The van der Waals surface area contributed by atoms with E-state index in [0.29, 0.717) is 17.9 Å². The van der Waals surface area contributed by atoms with Crippen LogP contribution in [0.4, 0.5) is 5.69 Å². The van der Waals surface area contributed by atoms with Crippen LogP contribution in [0.3, 0.4) is 0 Å². The largest absolute Gasteiger partial charge is 0.493 e. The van der Waals surface area contributed by atoms with E-state index in [-0.39, 0.29) is 5.91 Å². The number of carbonyl (C=O) groups excluding carboxylic acids is 1. The molecule has 1 amide bonds. The van der Waals surface area contributed by atoms with Gasteiger partial charge in [-0.25, -0.2) is 0 Å². The minimum atomic E-state index is 0.0463. The summed E-state index contributed by atoms with van der Waals surface area (Å²) in [6.45, 7) is 5.30. The molecule has 0 N–H and O–H groups in total. The zero-order valence-electron chi connectivity index (χ0n) is 13.1. The first kappa shape index (κ1) is 15.1. The van der Waals surface area contributed by atoms with Crippen molar-refractivity contribution in [2.75, 3.05) is 18.1 Å². The molecule has 1 aliphatic heterocycles. The SMILES string of the molecule is CCOc1cc(C)ccc1C(=O)N1CCCCc2sccc21. The van der Waals surface area contributed by atoms with Crippen molar-refractivity contribution in [2.24, 2.45) is 0 Å². The van der Waals surface area contributed by atoms with Gasteiger partial charge in [0.25, 0.3) is 5.91 Å². The molecule has 0 fully saturated rings. The summed E-state index contributed by atoms with van der Waals surface area (Å²) in [6, 6.07) is 7.88. The number of carbonyl (C=O) groups is 1. The summed E-state index contributed by atoms with van der Waals surface area (Å²) in [6.07, 6.45) is 3.26. The molecule has 4 heteroatoms. The Kier molecular flexibility index (Phi) is 4.48. The van der Waals surface area contributed by atoms with Crippen LogP contribution in [0.15, 0.2) is 29.6 Å². The maximum Gasteiger partial charge on any atom is 0.262 e. The van der Waals surface area contributed by atoms with Gasteiger partial charge in [0.2, 0.25) is 0 Å². The normalized spacial score (nSPS) is 14.4. The van der Waals surface area contributed by atoms with Crippen LogP contribution in [-0.4, -0.2) is 19.1 Å². The van der Waals surface area contributed by atoms with Gasteiger partial charge in [-0.05, 0) is 62.3 Å². The summed E-state index contributed by atoms with van der Waals surface area (Å²) in [5.74, 6) is 0.735. The van der Waals surface area contributed by atoms with Crippen LogP contribution < -0.4 is 9.64 Å². The van der Waals surface area contributed by atoms with Crippen molar-refractivity contribution in [1.29, 1.82) is 0 Å². The van der Waals surface area contributed by atoms with Crippen molar-refractivity contribution in [3.8, 4) is 5.75 Å². The van der Waals surface area contributed by atoms with Gasteiger partial charge in [-0.15, -0.1) is 11.3 Å². The second-order valence-corrected chi connectivity index (χ2v) is 6.58. The second kappa shape index (κ2) is 6.53. The second-order valence-electron chi connectivity index (χ2n) is 5.58. The van der Waals surface area contributed by atoms with E-state index in [4.69, 9.17) is 4.74 Å².